The summed E-state index contributed by atoms with van der Waals surface area (Å²) < 4.78 is 119. The fraction of sp³-hybridized carbons (Fsp3) is 0.323. The van der Waals surface area contributed by atoms with Crippen LogP contribution in [0.4, 0.5) is 26.7 Å². The first kappa shape index (κ1) is 37.2. The molecule has 264 valence electrons. The van der Waals surface area contributed by atoms with E-state index >= 15 is 0 Å². The van der Waals surface area contributed by atoms with Gasteiger partial charge in [-0.1, -0.05) is 48.5 Å². The summed E-state index contributed by atoms with van der Waals surface area (Å²) in [5.41, 5.74) is 3.84. The summed E-state index contributed by atoms with van der Waals surface area (Å²) in [6.07, 6.45) is -1.70. The molecule has 1 aliphatic rings. The highest BCUT2D eigenvalue weighted by Crippen LogP contribution is 2.44. The van der Waals surface area contributed by atoms with Crippen molar-refractivity contribution in [1.29, 1.82) is 0 Å². The van der Waals surface area contributed by atoms with Crippen LogP contribution in [-0.4, -0.2) is 82.3 Å². The van der Waals surface area contributed by atoms with Crippen molar-refractivity contribution in [3.8, 4) is 16.9 Å². The molecule has 12 nitrogen and oxygen atoms in total. The highest BCUT2D eigenvalue weighted by atomic mass is 32.2. The van der Waals surface area contributed by atoms with Gasteiger partial charge in [0.15, 0.2) is 0 Å². The zero-order chi connectivity index (χ0) is 35.7. The number of benzene rings is 3. The molecule has 0 saturated carbocycles. The maximum Gasteiger partial charge on any atom is 0.407 e. The summed E-state index contributed by atoms with van der Waals surface area (Å²) in [6.45, 7) is -0.981. The Morgan fingerprint density at radius 3 is 1.88 bits per heavy atom. The molecule has 1 aliphatic carbocycles. The van der Waals surface area contributed by atoms with Gasteiger partial charge in [-0.05, 0) is 22.3 Å². The number of alkyl carbamates (subject to hydrolysis) is 1. The molecular formula is C31H29F5N2O10S. The summed E-state index contributed by atoms with van der Waals surface area (Å²) in [7, 11) is -4.70. The maximum atomic E-state index is 13.6. The molecule has 0 saturated heterocycles. The summed E-state index contributed by atoms with van der Waals surface area (Å²) in [6, 6.07) is 13.5. The van der Waals surface area contributed by atoms with Gasteiger partial charge in [0.1, 0.15) is 18.4 Å². The third kappa shape index (κ3) is 9.71. The fourth-order valence-corrected chi connectivity index (χ4v) is 5.52. The lowest BCUT2D eigenvalue weighted by molar-refractivity contribution is -0.136. The lowest BCUT2D eigenvalue weighted by Crippen LogP contribution is -2.51. The molecule has 49 heavy (non-hydrogen) atoms. The monoisotopic (exact) mass is 716 g/mol. The molecule has 4 rings (SSSR count). The van der Waals surface area contributed by atoms with E-state index in [2.05, 4.69) is 15.4 Å². The minimum absolute atomic E-state index is 0.0883. The lowest BCUT2D eigenvalue weighted by Gasteiger charge is -2.19. The Balaban J connectivity index is 1.15. The predicted molar refractivity (Wildman–Crippen MR) is 160 cm³/mol. The van der Waals surface area contributed by atoms with Gasteiger partial charge in [-0.25, -0.2) is 18.0 Å². The maximum absolute atomic E-state index is 13.6. The van der Waals surface area contributed by atoms with E-state index in [1.165, 1.54) is 0 Å². The Kier molecular flexibility index (Phi) is 12.6. The van der Waals surface area contributed by atoms with Crippen molar-refractivity contribution in [2.45, 2.75) is 18.4 Å². The topological polar surface area (TPSA) is 167 Å². The van der Waals surface area contributed by atoms with E-state index in [9.17, 15) is 49.3 Å². The summed E-state index contributed by atoms with van der Waals surface area (Å²) in [5, 5.41) is 4.50. The van der Waals surface area contributed by atoms with Crippen LogP contribution in [0.5, 0.6) is 5.75 Å². The zero-order valence-electron chi connectivity index (χ0n) is 25.3. The standard InChI is InChI=1S/C31H29F5N2O10S/c32-24-25(33)27(35)29(28(36)26(24)34)48-23(39)9-11-45-13-14-46-12-10-37-30(40)22(16-49(42,43)44)38-31(41)47-15-21-19-7-3-1-5-17(19)18-6-2-4-8-20(18)21/h1-8,21-22H,9-16H2,(H,37,40)(H,38,41)(H,42,43,44)/t22-/m0/s1. The number of hydrogen-bond donors (Lipinski definition) is 3. The van der Waals surface area contributed by atoms with Crippen molar-refractivity contribution in [1.82, 2.24) is 10.6 Å². The van der Waals surface area contributed by atoms with Crippen LogP contribution >= 0.6 is 0 Å². The van der Waals surface area contributed by atoms with Crippen molar-refractivity contribution in [2.24, 2.45) is 0 Å². The number of carbonyl (C=O) groups excluding carboxylic acids is 3. The summed E-state index contributed by atoms with van der Waals surface area (Å²) >= 11 is 0. The van der Waals surface area contributed by atoms with E-state index < -0.39 is 81.1 Å². The van der Waals surface area contributed by atoms with Crippen LogP contribution in [-0.2, 0) is 33.9 Å². The molecule has 3 N–H and O–H groups in total. The van der Waals surface area contributed by atoms with Crippen molar-refractivity contribution >= 4 is 28.1 Å². The van der Waals surface area contributed by atoms with Gasteiger partial charge in [0.25, 0.3) is 10.1 Å². The molecule has 3 aromatic rings. The first-order chi connectivity index (χ1) is 23.3. The predicted octanol–water partition coefficient (Wildman–Crippen LogP) is 3.62. The first-order valence-corrected chi connectivity index (χ1v) is 16.1. The first-order valence-electron chi connectivity index (χ1n) is 14.5. The van der Waals surface area contributed by atoms with Gasteiger partial charge in [0.2, 0.25) is 40.7 Å². The Morgan fingerprint density at radius 2 is 1.31 bits per heavy atom. The molecule has 0 aromatic heterocycles. The van der Waals surface area contributed by atoms with Crippen molar-refractivity contribution in [3.05, 3.63) is 88.7 Å². The highest BCUT2D eigenvalue weighted by molar-refractivity contribution is 7.85. The number of esters is 1. The van der Waals surface area contributed by atoms with Gasteiger partial charge in [0.05, 0.1) is 32.8 Å². The number of halogens is 5. The molecular weight excluding hydrogens is 687 g/mol. The second-order valence-corrected chi connectivity index (χ2v) is 11.9. The molecule has 0 heterocycles. The van der Waals surface area contributed by atoms with Crippen LogP contribution in [0.2, 0.25) is 0 Å². The normalized spacial score (nSPS) is 12.9. The van der Waals surface area contributed by atoms with Gasteiger partial charge in [-0.15, -0.1) is 0 Å². The molecule has 3 aromatic carbocycles. The van der Waals surface area contributed by atoms with E-state index in [4.69, 9.17) is 14.2 Å². The lowest BCUT2D eigenvalue weighted by atomic mass is 9.98. The molecule has 1 atom stereocenters. The molecule has 0 radical (unpaired) electrons. The number of rotatable bonds is 16. The quantitative estimate of drug-likeness (QED) is 0.0379. The molecule has 18 heteroatoms. The van der Waals surface area contributed by atoms with Crippen LogP contribution in [0.25, 0.3) is 11.1 Å². The Labute approximate surface area is 276 Å². The number of hydrogen-bond acceptors (Lipinski definition) is 9. The molecule has 2 amide bonds. The zero-order valence-corrected chi connectivity index (χ0v) is 26.2. The van der Waals surface area contributed by atoms with Gasteiger partial charge in [0, 0.05) is 12.5 Å². The number of nitrogens with one attached hydrogen (secondary N) is 2. The minimum atomic E-state index is -4.70. The van der Waals surface area contributed by atoms with Gasteiger partial charge in [-0.2, -0.15) is 17.2 Å². The average Bonchev–Trinajstić information content (AvgIpc) is 3.39. The van der Waals surface area contributed by atoms with Gasteiger partial charge >= 0.3 is 12.1 Å². The highest BCUT2D eigenvalue weighted by Gasteiger charge is 2.31. The van der Waals surface area contributed by atoms with E-state index in [1.54, 1.807) is 0 Å². The fourth-order valence-electron chi connectivity index (χ4n) is 4.86. The molecule has 0 aliphatic heterocycles. The Bertz CT molecular complexity index is 1740. The van der Waals surface area contributed by atoms with Crippen molar-refractivity contribution in [2.75, 3.05) is 45.3 Å². The van der Waals surface area contributed by atoms with Crippen LogP contribution in [0.15, 0.2) is 48.5 Å². The number of ether oxygens (including phenoxy) is 4. The second kappa shape index (κ2) is 16.6. The van der Waals surface area contributed by atoms with Gasteiger partial charge < -0.3 is 29.6 Å². The smallest absolute Gasteiger partial charge is 0.407 e. The minimum Gasteiger partial charge on any atom is -0.449 e. The van der Waals surface area contributed by atoms with E-state index in [-0.39, 0.29) is 45.5 Å². The third-order valence-electron chi connectivity index (χ3n) is 7.08. The third-order valence-corrected chi connectivity index (χ3v) is 7.84. The van der Waals surface area contributed by atoms with E-state index in [0.29, 0.717) is 0 Å². The number of amides is 2. The molecule has 0 bridgehead atoms. The molecule has 0 fully saturated rings. The van der Waals surface area contributed by atoms with Crippen molar-refractivity contribution in [3.63, 3.8) is 0 Å². The summed E-state index contributed by atoms with van der Waals surface area (Å²) in [4.78, 5) is 36.9. The van der Waals surface area contributed by atoms with Crippen molar-refractivity contribution < 1.29 is 68.3 Å². The van der Waals surface area contributed by atoms with Gasteiger partial charge in [-0.3, -0.25) is 14.1 Å². The van der Waals surface area contributed by atoms with Crippen LogP contribution < -0.4 is 15.4 Å². The van der Waals surface area contributed by atoms with Crippen LogP contribution in [0.3, 0.4) is 0 Å². The molecule has 0 spiro atoms. The largest absolute Gasteiger partial charge is 0.449 e. The summed E-state index contributed by atoms with van der Waals surface area (Å²) in [5.74, 6) is -17.0. The molecule has 0 unspecified atom stereocenters. The van der Waals surface area contributed by atoms with Crippen LogP contribution in [0, 0.1) is 29.1 Å². The van der Waals surface area contributed by atoms with E-state index in [1.807, 2.05) is 48.5 Å². The van der Waals surface area contributed by atoms with E-state index in [0.717, 1.165) is 22.3 Å². The second-order valence-electron chi connectivity index (χ2n) is 10.4. The number of fused-ring (bicyclic) bond motifs is 3. The number of carbonyl (C=O) groups is 3. The van der Waals surface area contributed by atoms with Crippen LogP contribution in [0.1, 0.15) is 23.5 Å². The SMILES string of the molecule is O=C(CCOCCOCCNC(=O)[C@H](CS(=O)(=O)O)NC(=O)OCC1c2ccccc2-c2ccccc21)Oc1c(F)c(F)c(F)c(F)c1F. The Morgan fingerprint density at radius 1 is 0.776 bits per heavy atom. The Hall–Kier alpha value is -4.65. The average molecular weight is 717 g/mol.